The van der Waals surface area contributed by atoms with Gasteiger partial charge in [-0.3, -0.25) is 4.79 Å². The summed E-state index contributed by atoms with van der Waals surface area (Å²) in [5.74, 6) is 0.654. The summed E-state index contributed by atoms with van der Waals surface area (Å²) < 4.78 is 5.51. The van der Waals surface area contributed by atoms with Gasteiger partial charge in [-0.25, -0.2) is 4.98 Å². The van der Waals surface area contributed by atoms with Crippen molar-refractivity contribution in [2.24, 2.45) is 5.92 Å². The topological polar surface area (TPSA) is 71.5 Å². The van der Waals surface area contributed by atoms with Crippen molar-refractivity contribution in [3.05, 3.63) is 22.9 Å². The van der Waals surface area contributed by atoms with Crippen molar-refractivity contribution in [1.82, 2.24) is 10.3 Å². The van der Waals surface area contributed by atoms with Crippen LogP contribution in [0.5, 0.6) is 5.88 Å². The molecule has 1 amide bonds. The van der Waals surface area contributed by atoms with Gasteiger partial charge in [0.15, 0.2) is 6.61 Å². The molecule has 1 aliphatic carbocycles. The van der Waals surface area contributed by atoms with Crippen molar-refractivity contribution in [2.45, 2.75) is 39.7 Å². The normalized spacial score (nSPS) is 17.1. The molecule has 5 nitrogen and oxygen atoms in total. The van der Waals surface area contributed by atoms with E-state index in [-0.39, 0.29) is 31.1 Å². The molecule has 0 radical (unpaired) electrons. The summed E-state index contributed by atoms with van der Waals surface area (Å²) in [4.78, 5) is 15.9. The van der Waals surface area contributed by atoms with Crippen LogP contribution < -0.4 is 10.1 Å². The molecule has 0 bridgehead atoms. The first-order chi connectivity index (χ1) is 9.51. The second kappa shape index (κ2) is 6.22. The van der Waals surface area contributed by atoms with E-state index in [1.165, 1.54) is 11.1 Å². The zero-order valence-electron chi connectivity index (χ0n) is 12.3. The van der Waals surface area contributed by atoms with Crippen LogP contribution in [0.4, 0.5) is 0 Å². The molecule has 1 aromatic rings. The van der Waals surface area contributed by atoms with Crippen LogP contribution in [-0.2, 0) is 17.6 Å². The van der Waals surface area contributed by atoms with Crippen molar-refractivity contribution in [3.8, 4) is 5.88 Å². The molecular weight excluding hydrogens is 256 g/mol. The summed E-state index contributed by atoms with van der Waals surface area (Å²) in [6.07, 6.45) is 3.52. The Bertz CT molecular complexity index is 500. The molecule has 0 fully saturated rings. The second-order valence-corrected chi connectivity index (χ2v) is 5.66. The molecule has 5 heteroatoms. The SMILES string of the molecule is Cc1c(OCC(=O)NC(C)C)ncc2c1CC(CO)C2. The molecule has 0 saturated carbocycles. The number of hydrogen-bond donors (Lipinski definition) is 2. The van der Waals surface area contributed by atoms with Crippen LogP contribution in [0.25, 0.3) is 0 Å². The fourth-order valence-electron chi connectivity index (χ4n) is 2.59. The first-order valence-corrected chi connectivity index (χ1v) is 7.01. The van der Waals surface area contributed by atoms with E-state index < -0.39 is 0 Å². The van der Waals surface area contributed by atoms with Gasteiger partial charge >= 0.3 is 0 Å². The van der Waals surface area contributed by atoms with Gasteiger partial charge in [-0.1, -0.05) is 0 Å². The Morgan fingerprint density at radius 3 is 2.95 bits per heavy atom. The smallest absolute Gasteiger partial charge is 0.258 e. The largest absolute Gasteiger partial charge is 0.467 e. The summed E-state index contributed by atoms with van der Waals surface area (Å²) in [6.45, 7) is 5.95. The Morgan fingerprint density at radius 2 is 2.30 bits per heavy atom. The number of nitrogens with one attached hydrogen (secondary N) is 1. The van der Waals surface area contributed by atoms with E-state index in [0.717, 1.165) is 18.4 Å². The van der Waals surface area contributed by atoms with Crippen LogP contribution in [0.15, 0.2) is 6.20 Å². The third-order valence-corrected chi connectivity index (χ3v) is 3.55. The molecule has 2 rings (SSSR count). The van der Waals surface area contributed by atoms with Gasteiger partial charge in [0.2, 0.25) is 5.88 Å². The molecule has 110 valence electrons. The fraction of sp³-hybridized carbons (Fsp3) is 0.600. The van der Waals surface area contributed by atoms with Crippen LogP contribution in [0.2, 0.25) is 0 Å². The van der Waals surface area contributed by atoms with Crippen LogP contribution >= 0.6 is 0 Å². The lowest BCUT2D eigenvalue weighted by molar-refractivity contribution is -0.123. The molecule has 0 spiro atoms. The standard InChI is InChI=1S/C15H22N2O3/c1-9(2)17-14(19)8-20-15-10(3)13-5-11(7-18)4-12(13)6-16-15/h6,9,11,18H,4-5,7-8H2,1-3H3,(H,17,19). The van der Waals surface area contributed by atoms with Gasteiger partial charge in [-0.15, -0.1) is 0 Å². The predicted octanol–water partition coefficient (Wildman–Crippen LogP) is 1.00. The highest BCUT2D eigenvalue weighted by Crippen LogP contribution is 2.32. The Labute approximate surface area is 119 Å². The number of ether oxygens (including phenoxy) is 1. The molecule has 1 unspecified atom stereocenters. The Hall–Kier alpha value is -1.62. The van der Waals surface area contributed by atoms with Crippen molar-refractivity contribution in [3.63, 3.8) is 0 Å². The Balaban J connectivity index is 2.03. The Kier molecular flexibility index (Phi) is 4.60. The molecule has 1 atom stereocenters. The van der Waals surface area contributed by atoms with E-state index in [1.54, 1.807) is 6.20 Å². The number of amides is 1. The van der Waals surface area contributed by atoms with Crippen molar-refractivity contribution < 1.29 is 14.6 Å². The maximum Gasteiger partial charge on any atom is 0.258 e. The summed E-state index contributed by atoms with van der Waals surface area (Å²) in [5.41, 5.74) is 3.37. The third kappa shape index (κ3) is 3.28. The molecular formula is C15H22N2O3. The van der Waals surface area contributed by atoms with E-state index in [0.29, 0.717) is 5.88 Å². The van der Waals surface area contributed by atoms with Crippen LogP contribution in [0, 0.1) is 12.8 Å². The van der Waals surface area contributed by atoms with Crippen molar-refractivity contribution in [1.29, 1.82) is 0 Å². The number of hydrogen-bond acceptors (Lipinski definition) is 4. The number of nitrogens with zero attached hydrogens (tertiary/aromatic N) is 1. The van der Waals surface area contributed by atoms with Gasteiger partial charge in [0.25, 0.3) is 5.91 Å². The summed E-state index contributed by atoms with van der Waals surface area (Å²) in [5, 5.41) is 12.0. The number of aromatic nitrogens is 1. The van der Waals surface area contributed by atoms with Crippen molar-refractivity contribution >= 4 is 5.91 Å². The average molecular weight is 278 g/mol. The van der Waals surface area contributed by atoms with Crippen LogP contribution in [-0.4, -0.2) is 35.3 Å². The zero-order valence-corrected chi connectivity index (χ0v) is 12.3. The number of fused-ring (bicyclic) bond motifs is 1. The fourth-order valence-corrected chi connectivity index (χ4v) is 2.59. The van der Waals surface area contributed by atoms with Gasteiger partial charge in [0.1, 0.15) is 0 Å². The highest BCUT2D eigenvalue weighted by molar-refractivity contribution is 5.77. The lowest BCUT2D eigenvalue weighted by atomic mass is 10.1. The molecule has 1 aliphatic rings. The first-order valence-electron chi connectivity index (χ1n) is 7.01. The quantitative estimate of drug-likeness (QED) is 0.843. The van der Waals surface area contributed by atoms with Gasteiger partial charge in [-0.2, -0.15) is 0 Å². The second-order valence-electron chi connectivity index (χ2n) is 5.66. The minimum atomic E-state index is -0.144. The highest BCUT2D eigenvalue weighted by Gasteiger charge is 2.24. The van der Waals surface area contributed by atoms with Crippen molar-refractivity contribution in [2.75, 3.05) is 13.2 Å². The third-order valence-electron chi connectivity index (χ3n) is 3.55. The van der Waals surface area contributed by atoms with Crippen LogP contribution in [0.3, 0.4) is 0 Å². The van der Waals surface area contributed by atoms with Crippen LogP contribution in [0.1, 0.15) is 30.5 Å². The number of carbonyl (C=O) groups excluding carboxylic acids is 1. The van der Waals surface area contributed by atoms with E-state index in [9.17, 15) is 9.90 Å². The minimum Gasteiger partial charge on any atom is -0.467 e. The summed E-state index contributed by atoms with van der Waals surface area (Å²) in [6, 6.07) is 0.102. The van der Waals surface area contributed by atoms with Gasteiger partial charge in [-0.05, 0) is 50.7 Å². The first kappa shape index (κ1) is 14.8. The molecule has 2 N–H and O–H groups in total. The van der Waals surface area contributed by atoms with Gasteiger partial charge in [0.05, 0.1) is 0 Å². The zero-order chi connectivity index (χ0) is 14.7. The average Bonchev–Trinajstić information content (AvgIpc) is 2.81. The number of rotatable bonds is 5. The maximum absolute atomic E-state index is 11.6. The van der Waals surface area contributed by atoms with E-state index in [4.69, 9.17) is 4.74 Å². The molecule has 0 aliphatic heterocycles. The van der Waals surface area contributed by atoms with Gasteiger partial charge in [0, 0.05) is 24.4 Å². The maximum atomic E-state index is 11.6. The molecule has 0 aromatic carbocycles. The molecule has 20 heavy (non-hydrogen) atoms. The van der Waals surface area contributed by atoms with E-state index >= 15 is 0 Å². The molecule has 1 heterocycles. The minimum absolute atomic E-state index is 0.0196. The molecule has 1 aromatic heterocycles. The summed E-state index contributed by atoms with van der Waals surface area (Å²) >= 11 is 0. The van der Waals surface area contributed by atoms with E-state index in [2.05, 4.69) is 10.3 Å². The predicted molar refractivity (Wildman–Crippen MR) is 75.7 cm³/mol. The number of carbonyl (C=O) groups is 1. The number of pyridine rings is 1. The highest BCUT2D eigenvalue weighted by atomic mass is 16.5. The Morgan fingerprint density at radius 1 is 1.55 bits per heavy atom. The number of aliphatic hydroxyl groups excluding tert-OH is 1. The lowest BCUT2D eigenvalue weighted by Gasteiger charge is -2.12. The summed E-state index contributed by atoms with van der Waals surface area (Å²) in [7, 11) is 0. The van der Waals surface area contributed by atoms with Gasteiger partial charge < -0.3 is 15.2 Å². The molecule has 0 saturated heterocycles. The van der Waals surface area contributed by atoms with E-state index in [1.807, 2.05) is 20.8 Å². The number of aliphatic hydroxyl groups is 1. The monoisotopic (exact) mass is 278 g/mol. The lowest BCUT2D eigenvalue weighted by Crippen LogP contribution is -2.34.